The van der Waals surface area contributed by atoms with Gasteiger partial charge in [0.15, 0.2) is 11.6 Å². The van der Waals surface area contributed by atoms with E-state index in [0.29, 0.717) is 31.5 Å². The second kappa shape index (κ2) is 8.52. The number of hydrogen-bond donors (Lipinski definition) is 0. The summed E-state index contributed by atoms with van der Waals surface area (Å²) in [6.07, 6.45) is 0. The van der Waals surface area contributed by atoms with Gasteiger partial charge in [-0.05, 0) is 45.6 Å². The maximum Gasteiger partial charge on any atom is 0.226 e. The van der Waals surface area contributed by atoms with Gasteiger partial charge in [-0.1, -0.05) is 96.9 Å². The molecule has 0 unspecified atom stereocenters. The molecule has 0 spiro atoms. The first kappa shape index (κ1) is 15.8. The van der Waals surface area contributed by atoms with Crippen molar-refractivity contribution in [1.82, 2.24) is 15.0 Å². The summed E-state index contributed by atoms with van der Waals surface area (Å²) >= 11 is 7.51. The average molecular weight is 506 g/mol. The molecule has 7 rings (SSSR count). The van der Waals surface area contributed by atoms with E-state index in [4.69, 9.17) is 19.8 Å². The fourth-order valence-electron chi connectivity index (χ4n) is 4.26. The van der Waals surface area contributed by atoms with Gasteiger partial charge in [0.25, 0.3) is 0 Å². The molecule has 5 aromatic carbocycles. The van der Waals surface area contributed by atoms with Crippen molar-refractivity contribution in [3.63, 3.8) is 0 Å². The lowest BCUT2D eigenvalue weighted by Gasteiger charge is -2.06. The molecule has 0 amide bonds. The Balaban J connectivity index is 1.51. The number of thiophene rings is 1. The molecule has 0 aliphatic heterocycles. The molecule has 2 aromatic heterocycles. The van der Waals surface area contributed by atoms with E-state index in [2.05, 4.69) is 15.0 Å². The molecule has 0 radical (unpaired) electrons. The van der Waals surface area contributed by atoms with Crippen molar-refractivity contribution in [3.05, 3.63) is 114 Å². The summed E-state index contributed by atoms with van der Waals surface area (Å²) in [5.41, 5.74) is 1.86. The lowest BCUT2D eigenvalue weighted by atomic mass is 10.0. The van der Waals surface area contributed by atoms with E-state index in [1.165, 1.54) is 11.3 Å². The standard InChI is InChI=1S/C31H18ClN3S/c32-31-34-29(22-14-13-19-7-4-5-10-21(19)17-22)33-30(35-31)23-15-16-25-26-12-6-11-24(20-8-2-1-3-9-20)28(26)36-27(25)18-23/h1-18H/i6D,11D,12D,15D,16D,18D. The molecule has 0 fully saturated rings. The van der Waals surface area contributed by atoms with Crippen LogP contribution in [0.2, 0.25) is 5.28 Å². The smallest absolute Gasteiger partial charge is 0.208 e. The van der Waals surface area contributed by atoms with Crippen molar-refractivity contribution in [2.24, 2.45) is 0 Å². The van der Waals surface area contributed by atoms with Gasteiger partial charge in [0, 0.05) is 31.3 Å². The molecular weight excluding hydrogens is 482 g/mol. The SMILES string of the molecule is [2H]c1c([2H])c([2H])c2c(sc3c([2H])c(-c4nc(Cl)nc(-c5ccc6ccccc6c5)n4)c([2H])c([2H])c32)c1-c1ccccc1. The van der Waals surface area contributed by atoms with Gasteiger partial charge in [0.1, 0.15) is 0 Å². The van der Waals surface area contributed by atoms with Crippen LogP contribution in [0.3, 0.4) is 0 Å². The summed E-state index contributed by atoms with van der Waals surface area (Å²) in [4.78, 5) is 13.1. The van der Waals surface area contributed by atoms with Crippen molar-refractivity contribution in [1.29, 1.82) is 0 Å². The molecule has 0 N–H and O–H groups in total. The highest BCUT2D eigenvalue weighted by atomic mass is 35.5. The minimum atomic E-state index is -0.291. The quantitative estimate of drug-likeness (QED) is 0.240. The topological polar surface area (TPSA) is 38.7 Å². The van der Waals surface area contributed by atoms with Crippen LogP contribution in [0, 0.1) is 0 Å². The highest BCUT2D eigenvalue weighted by molar-refractivity contribution is 7.26. The van der Waals surface area contributed by atoms with Crippen molar-refractivity contribution in [3.8, 4) is 33.9 Å². The van der Waals surface area contributed by atoms with Crippen LogP contribution in [0.4, 0.5) is 0 Å². The molecule has 0 aliphatic carbocycles. The monoisotopic (exact) mass is 505 g/mol. The number of nitrogens with zero attached hydrogens (tertiary/aromatic N) is 3. The molecular formula is C31H18ClN3S. The summed E-state index contributed by atoms with van der Waals surface area (Å²) in [6.45, 7) is 0. The number of aromatic nitrogens is 3. The van der Waals surface area contributed by atoms with Crippen LogP contribution in [-0.4, -0.2) is 15.0 Å². The molecule has 0 bridgehead atoms. The van der Waals surface area contributed by atoms with Gasteiger partial charge in [-0.15, -0.1) is 11.3 Å². The van der Waals surface area contributed by atoms with E-state index in [1.54, 1.807) is 0 Å². The second-order valence-corrected chi connectivity index (χ2v) is 9.55. The third kappa shape index (κ3) is 3.63. The van der Waals surface area contributed by atoms with Crippen LogP contribution in [0.5, 0.6) is 0 Å². The zero-order valence-electron chi connectivity index (χ0n) is 24.6. The summed E-state index contributed by atoms with van der Waals surface area (Å²) in [5, 5.41) is 2.45. The molecule has 5 heteroatoms. The summed E-state index contributed by atoms with van der Waals surface area (Å²) in [7, 11) is 0. The van der Waals surface area contributed by atoms with E-state index in [1.807, 2.05) is 72.8 Å². The van der Waals surface area contributed by atoms with Crippen LogP contribution < -0.4 is 0 Å². The number of benzene rings is 5. The summed E-state index contributed by atoms with van der Waals surface area (Å²) in [6, 6.07) is 21.6. The van der Waals surface area contributed by atoms with Crippen LogP contribution in [0.1, 0.15) is 8.22 Å². The van der Waals surface area contributed by atoms with Gasteiger partial charge in [0.2, 0.25) is 5.28 Å². The molecule has 7 aromatic rings. The number of fused-ring (bicyclic) bond motifs is 4. The minimum absolute atomic E-state index is 0.00208. The molecule has 0 atom stereocenters. The van der Waals surface area contributed by atoms with Crippen LogP contribution in [0.15, 0.2) is 109 Å². The van der Waals surface area contributed by atoms with Gasteiger partial charge < -0.3 is 0 Å². The Morgan fingerprint density at radius 3 is 2.31 bits per heavy atom. The Bertz CT molecular complexity index is 2240. The van der Waals surface area contributed by atoms with Crippen LogP contribution >= 0.6 is 22.9 Å². The Hall–Kier alpha value is -4.12. The fraction of sp³-hybridized carbons (Fsp3) is 0. The van der Waals surface area contributed by atoms with E-state index in [-0.39, 0.29) is 64.1 Å². The van der Waals surface area contributed by atoms with Crippen molar-refractivity contribution < 1.29 is 8.22 Å². The van der Waals surface area contributed by atoms with Gasteiger partial charge in [0.05, 0.1) is 8.22 Å². The molecule has 3 nitrogen and oxygen atoms in total. The highest BCUT2D eigenvalue weighted by Crippen LogP contribution is 2.41. The van der Waals surface area contributed by atoms with Gasteiger partial charge >= 0.3 is 0 Å². The maximum absolute atomic E-state index is 9.16. The van der Waals surface area contributed by atoms with Crippen LogP contribution in [-0.2, 0) is 0 Å². The number of rotatable bonds is 3. The van der Waals surface area contributed by atoms with E-state index in [0.717, 1.165) is 10.8 Å². The zero-order valence-corrected chi connectivity index (χ0v) is 20.1. The predicted molar refractivity (Wildman–Crippen MR) is 152 cm³/mol. The maximum atomic E-state index is 9.16. The van der Waals surface area contributed by atoms with Crippen LogP contribution in [0.25, 0.3) is 64.8 Å². The molecule has 0 aliphatic rings. The first-order valence-corrected chi connectivity index (χ1v) is 12.4. The minimum Gasteiger partial charge on any atom is -0.208 e. The number of halogens is 1. The lowest BCUT2D eigenvalue weighted by Crippen LogP contribution is -1.97. The zero-order chi connectivity index (χ0) is 29.3. The third-order valence-electron chi connectivity index (χ3n) is 5.96. The predicted octanol–water partition coefficient (Wildman–Crippen LogP) is 9.05. The summed E-state index contributed by atoms with van der Waals surface area (Å²) in [5.74, 6) is 0.271. The first-order valence-electron chi connectivity index (χ1n) is 14.2. The Morgan fingerprint density at radius 1 is 0.667 bits per heavy atom. The van der Waals surface area contributed by atoms with Crippen molar-refractivity contribution in [2.45, 2.75) is 0 Å². The third-order valence-corrected chi connectivity index (χ3v) is 7.25. The van der Waals surface area contributed by atoms with Gasteiger partial charge in [-0.2, -0.15) is 9.97 Å². The van der Waals surface area contributed by atoms with Crippen molar-refractivity contribution in [2.75, 3.05) is 0 Å². The molecule has 170 valence electrons. The lowest BCUT2D eigenvalue weighted by molar-refractivity contribution is 1.07. The fourth-order valence-corrected chi connectivity index (χ4v) is 5.55. The van der Waals surface area contributed by atoms with Gasteiger partial charge in [-0.25, -0.2) is 4.98 Å². The van der Waals surface area contributed by atoms with E-state index >= 15 is 0 Å². The highest BCUT2D eigenvalue weighted by Gasteiger charge is 2.14. The second-order valence-electron chi connectivity index (χ2n) is 8.19. The largest absolute Gasteiger partial charge is 0.226 e. The molecule has 2 heterocycles. The molecule has 0 saturated carbocycles. The molecule has 0 saturated heterocycles. The number of hydrogen-bond acceptors (Lipinski definition) is 4. The van der Waals surface area contributed by atoms with Gasteiger partial charge in [-0.3, -0.25) is 0 Å². The molecule has 36 heavy (non-hydrogen) atoms. The average Bonchev–Trinajstić information content (AvgIpc) is 3.40. The Morgan fingerprint density at radius 2 is 1.44 bits per heavy atom. The Labute approximate surface area is 225 Å². The first-order chi connectivity index (χ1) is 20.2. The van der Waals surface area contributed by atoms with Crippen molar-refractivity contribution >= 4 is 53.9 Å². The summed E-state index contributed by atoms with van der Waals surface area (Å²) < 4.78 is 53.8. The van der Waals surface area contributed by atoms with E-state index in [9.17, 15) is 0 Å². The normalized spacial score (nSPS) is 13.8. The Kier molecular flexibility index (Phi) is 3.74. The van der Waals surface area contributed by atoms with E-state index < -0.39 is 0 Å².